The van der Waals surface area contributed by atoms with Gasteiger partial charge in [-0.05, 0) is 48.4 Å². The van der Waals surface area contributed by atoms with Crippen LogP contribution in [0.2, 0.25) is 0 Å². The first-order chi connectivity index (χ1) is 17.0. The number of anilines is 1. The Kier molecular flexibility index (Phi) is 7.86. The minimum atomic E-state index is -0.314. The number of carbonyl (C=O) groups excluding carboxylic acids is 1. The Morgan fingerprint density at radius 3 is 2.74 bits per heavy atom. The third-order valence-electron chi connectivity index (χ3n) is 7.01. The van der Waals surface area contributed by atoms with Crippen LogP contribution in [0.3, 0.4) is 0 Å². The summed E-state index contributed by atoms with van der Waals surface area (Å²) in [6, 6.07) is 12.4. The number of rotatable bonds is 9. The highest BCUT2D eigenvalue weighted by molar-refractivity contribution is 8.10. The van der Waals surface area contributed by atoms with Crippen LogP contribution in [0, 0.1) is 5.41 Å². The number of benzene rings is 1. The van der Waals surface area contributed by atoms with Gasteiger partial charge in [-0.15, -0.1) is 0 Å². The zero-order chi connectivity index (χ0) is 24.8. The fraction of sp³-hybridized carbons (Fsp3) is 0.357. The van der Waals surface area contributed by atoms with E-state index in [9.17, 15) is 4.79 Å². The van der Waals surface area contributed by atoms with Gasteiger partial charge < -0.3 is 20.5 Å². The Balaban J connectivity index is 1.42. The normalized spacial score (nSPS) is 15.5. The number of pyridine rings is 1. The molecule has 1 saturated heterocycles. The molecule has 1 amide bonds. The molecule has 1 aromatic carbocycles. The van der Waals surface area contributed by atoms with Gasteiger partial charge in [-0.2, -0.15) is 0 Å². The van der Waals surface area contributed by atoms with Gasteiger partial charge in [-0.3, -0.25) is 4.79 Å². The van der Waals surface area contributed by atoms with Crippen molar-refractivity contribution in [3.8, 4) is 0 Å². The SMILES string of the molecule is C=C(S/C=C\N)c1ccc(N2CCC(CCC)(C(=O)N(C)Cc3c[nH]c4ccccc34)CC2)nc1. The molecule has 3 aromatic rings. The second kappa shape index (κ2) is 11.0. The van der Waals surface area contributed by atoms with Crippen LogP contribution >= 0.6 is 11.8 Å². The number of aromatic nitrogens is 2. The quantitative estimate of drug-likeness (QED) is 0.401. The van der Waals surface area contributed by atoms with Gasteiger partial charge in [-0.1, -0.05) is 49.9 Å². The van der Waals surface area contributed by atoms with Crippen molar-refractivity contribution in [2.75, 3.05) is 25.0 Å². The topological polar surface area (TPSA) is 78.2 Å². The van der Waals surface area contributed by atoms with Gasteiger partial charge in [0.25, 0.3) is 0 Å². The number of fused-ring (bicyclic) bond motifs is 1. The van der Waals surface area contributed by atoms with Gasteiger partial charge >= 0.3 is 0 Å². The van der Waals surface area contributed by atoms with E-state index in [-0.39, 0.29) is 11.3 Å². The number of para-hydroxylation sites is 1. The molecule has 0 bridgehead atoms. The predicted molar refractivity (Wildman–Crippen MR) is 148 cm³/mol. The number of H-pyrrole nitrogens is 1. The van der Waals surface area contributed by atoms with E-state index in [0.717, 1.165) is 66.1 Å². The van der Waals surface area contributed by atoms with Crippen molar-refractivity contribution < 1.29 is 4.79 Å². The molecule has 35 heavy (non-hydrogen) atoms. The number of nitrogens with one attached hydrogen (secondary N) is 1. The van der Waals surface area contributed by atoms with E-state index in [1.54, 1.807) is 5.41 Å². The van der Waals surface area contributed by atoms with Gasteiger partial charge in [0.2, 0.25) is 5.91 Å². The molecule has 2 aromatic heterocycles. The number of hydrogen-bond donors (Lipinski definition) is 2. The Morgan fingerprint density at radius 2 is 2.06 bits per heavy atom. The Morgan fingerprint density at radius 1 is 1.29 bits per heavy atom. The molecule has 6 nitrogen and oxygen atoms in total. The number of amides is 1. The van der Waals surface area contributed by atoms with Crippen molar-refractivity contribution in [2.45, 2.75) is 39.2 Å². The van der Waals surface area contributed by atoms with Crippen LogP contribution in [0.25, 0.3) is 15.8 Å². The lowest BCUT2D eigenvalue weighted by molar-refractivity contribution is -0.143. The Labute approximate surface area is 212 Å². The molecular weight excluding hydrogens is 454 g/mol. The van der Waals surface area contributed by atoms with Gasteiger partial charge in [0, 0.05) is 66.6 Å². The third-order valence-corrected chi connectivity index (χ3v) is 7.83. The molecule has 1 aliphatic heterocycles. The smallest absolute Gasteiger partial charge is 0.228 e. The first-order valence-corrected chi connectivity index (χ1v) is 13.1. The van der Waals surface area contributed by atoms with Crippen LogP contribution in [0.4, 0.5) is 5.82 Å². The Bertz CT molecular complexity index is 1190. The molecule has 1 fully saturated rings. The van der Waals surface area contributed by atoms with E-state index in [1.165, 1.54) is 23.3 Å². The molecule has 3 heterocycles. The Hall–Kier alpha value is -3.19. The summed E-state index contributed by atoms with van der Waals surface area (Å²) in [5.74, 6) is 1.21. The average molecular weight is 490 g/mol. The van der Waals surface area contributed by atoms with Gasteiger partial charge in [0.15, 0.2) is 0 Å². The summed E-state index contributed by atoms with van der Waals surface area (Å²) in [6.45, 7) is 8.52. The zero-order valence-electron chi connectivity index (χ0n) is 20.7. The van der Waals surface area contributed by atoms with E-state index >= 15 is 0 Å². The minimum absolute atomic E-state index is 0.258. The third kappa shape index (κ3) is 5.40. The molecule has 0 radical (unpaired) electrons. The molecule has 0 spiro atoms. The second-order valence-corrected chi connectivity index (χ2v) is 10.3. The molecule has 0 aliphatic carbocycles. The average Bonchev–Trinajstić information content (AvgIpc) is 3.30. The van der Waals surface area contributed by atoms with Crippen LogP contribution in [-0.4, -0.2) is 40.9 Å². The predicted octanol–water partition coefficient (Wildman–Crippen LogP) is 5.74. The summed E-state index contributed by atoms with van der Waals surface area (Å²) >= 11 is 1.49. The maximum Gasteiger partial charge on any atom is 0.228 e. The maximum atomic E-state index is 13.8. The molecule has 7 heteroatoms. The number of carbonyl (C=O) groups is 1. The van der Waals surface area contributed by atoms with Gasteiger partial charge in [0.1, 0.15) is 5.82 Å². The summed E-state index contributed by atoms with van der Waals surface area (Å²) in [5.41, 5.74) is 8.36. The van der Waals surface area contributed by atoms with E-state index in [2.05, 4.69) is 46.6 Å². The van der Waals surface area contributed by atoms with E-state index < -0.39 is 0 Å². The number of aromatic amines is 1. The van der Waals surface area contributed by atoms with E-state index in [1.807, 2.05) is 42.5 Å². The first kappa shape index (κ1) is 24.9. The van der Waals surface area contributed by atoms with Crippen LogP contribution in [0.1, 0.15) is 43.7 Å². The van der Waals surface area contributed by atoms with Crippen LogP contribution in [-0.2, 0) is 11.3 Å². The highest BCUT2D eigenvalue weighted by Gasteiger charge is 2.42. The molecular formula is C28H35N5OS. The van der Waals surface area contributed by atoms with Crippen molar-refractivity contribution in [3.05, 3.63) is 78.1 Å². The molecule has 4 rings (SSSR count). The summed E-state index contributed by atoms with van der Waals surface area (Å²) < 4.78 is 0. The van der Waals surface area contributed by atoms with Crippen LogP contribution in [0.15, 0.2) is 67.0 Å². The largest absolute Gasteiger partial charge is 0.404 e. The van der Waals surface area contributed by atoms with Gasteiger partial charge in [-0.25, -0.2) is 4.98 Å². The van der Waals surface area contributed by atoms with Crippen molar-refractivity contribution >= 4 is 39.3 Å². The van der Waals surface area contributed by atoms with Crippen molar-refractivity contribution in [1.82, 2.24) is 14.9 Å². The van der Waals surface area contributed by atoms with Crippen LogP contribution < -0.4 is 10.6 Å². The van der Waals surface area contributed by atoms with E-state index in [0.29, 0.717) is 6.54 Å². The highest BCUT2D eigenvalue weighted by atomic mass is 32.2. The lowest BCUT2D eigenvalue weighted by Gasteiger charge is -2.43. The number of hydrogen-bond acceptors (Lipinski definition) is 5. The number of thioether (sulfide) groups is 1. The summed E-state index contributed by atoms with van der Waals surface area (Å²) in [7, 11) is 1.94. The molecule has 0 unspecified atom stereocenters. The molecule has 184 valence electrons. The van der Waals surface area contributed by atoms with Gasteiger partial charge in [0.05, 0.1) is 5.41 Å². The molecule has 0 saturated carbocycles. The number of piperidine rings is 1. The molecule has 3 N–H and O–H groups in total. The van der Waals surface area contributed by atoms with E-state index in [4.69, 9.17) is 5.73 Å². The molecule has 0 atom stereocenters. The highest BCUT2D eigenvalue weighted by Crippen LogP contribution is 2.39. The lowest BCUT2D eigenvalue weighted by Crippen LogP contribution is -2.49. The summed E-state index contributed by atoms with van der Waals surface area (Å²) in [4.78, 5) is 26.9. The molecule has 1 aliphatic rings. The fourth-order valence-corrected chi connectivity index (χ4v) is 5.64. The zero-order valence-corrected chi connectivity index (χ0v) is 21.5. The van der Waals surface area contributed by atoms with Crippen molar-refractivity contribution in [2.24, 2.45) is 11.1 Å². The summed E-state index contributed by atoms with van der Waals surface area (Å²) in [5, 5.41) is 2.99. The lowest BCUT2D eigenvalue weighted by atomic mass is 9.73. The monoisotopic (exact) mass is 489 g/mol. The second-order valence-electron chi connectivity index (χ2n) is 9.31. The van der Waals surface area contributed by atoms with Crippen molar-refractivity contribution in [1.29, 1.82) is 0 Å². The van der Waals surface area contributed by atoms with Crippen molar-refractivity contribution in [3.63, 3.8) is 0 Å². The summed E-state index contributed by atoms with van der Waals surface area (Å²) in [6.07, 6.45) is 8.98. The first-order valence-electron chi connectivity index (χ1n) is 12.2. The maximum absolute atomic E-state index is 13.8. The minimum Gasteiger partial charge on any atom is -0.404 e. The standard InChI is InChI=1S/C28H35N5OS/c1-4-11-28(27(34)32(3)20-23-19-30-25-8-6-5-7-24(23)25)12-15-33(16-13-28)26-10-9-22(18-31-26)21(2)35-17-14-29/h5-10,14,17-19,30H,2,4,11-13,15-16,20,29H2,1,3H3/b17-14-. The number of nitrogens with zero attached hydrogens (tertiary/aromatic N) is 3. The van der Waals surface area contributed by atoms with Crippen LogP contribution in [0.5, 0.6) is 0 Å². The fourth-order valence-electron chi connectivity index (χ4n) is 5.14. The number of nitrogens with two attached hydrogens (primary N) is 1.